The number of piperazine rings is 1. The lowest BCUT2D eigenvalue weighted by Crippen LogP contribution is -2.52. The molecule has 110 valence electrons. The van der Waals surface area contributed by atoms with Gasteiger partial charge in [0, 0.05) is 56.3 Å². The van der Waals surface area contributed by atoms with Crippen LogP contribution in [0.15, 0.2) is 12.4 Å². The van der Waals surface area contributed by atoms with Gasteiger partial charge in [0.05, 0.1) is 5.25 Å². The van der Waals surface area contributed by atoms with Crippen LogP contribution in [-0.4, -0.2) is 62.5 Å². The van der Waals surface area contributed by atoms with Crippen LogP contribution in [0.2, 0.25) is 0 Å². The summed E-state index contributed by atoms with van der Waals surface area (Å²) in [4.78, 5) is 19.3. The number of amides is 1. The number of aryl methyl sites for hydroxylation is 1. The van der Waals surface area contributed by atoms with Crippen LogP contribution < -0.4 is 5.32 Å². The van der Waals surface area contributed by atoms with E-state index in [1.54, 1.807) is 6.20 Å². The fourth-order valence-electron chi connectivity index (χ4n) is 2.71. The lowest BCUT2D eigenvalue weighted by atomic mass is 10.1. The van der Waals surface area contributed by atoms with E-state index in [1.807, 2.05) is 46.2 Å². The van der Waals surface area contributed by atoms with Crippen LogP contribution in [0.1, 0.15) is 11.9 Å². The molecule has 2 aliphatic heterocycles. The molecule has 3 heterocycles. The first kappa shape index (κ1) is 14.3. The summed E-state index contributed by atoms with van der Waals surface area (Å²) in [5, 5.41) is 3.50. The number of thioether (sulfide) groups is 2. The molecule has 0 bridgehead atoms. The van der Waals surface area contributed by atoms with Gasteiger partial charge in [0.15, 0.2) is 0 Å². The normalized spacial score (nSPS) is 27.6. The third-order valence-corrected chi connectivity index (χ3v) is 6.52. The minimum atomic E-state index is 0.0591. The number of aromatic nitrogens is 2. The molecular weight excluding hydrogens is 292 g/mol. The van der Waals surface area contributed by atoms with E-state index in [0.29, 0.717) is 0 Å². The van der Waals surface area contributed by atoms with Crippen molar-refractivity contribution in [2.45, 2.75) is 11.3 Å². The van der Waals surface area contributed by atoms with Crippen molar-refractivity contribution in [3.05, 3.63) is 18.2 Å². The van der Waals surface area contributed by atoms with E-state index in [-0.39, 0.29) is 17.2 Å². The Morgan fingerprint density at radius 3 is 3.10 bits per heavy atom. The second-order valence-corrected chi connectivity index (χ2v) is 7.54. The Morgan fingerprint density at radius 1 is 1.50 bits per heavy atom. The van der Waals surface area contributed by atoms with Crippen LogP contribution in [0.25, 0.3) is 0 Å². The Labute approximate surface area is 127 Å². The lowest BCUT2D eigenvalue weighted by Gasteiger charge is -2.38. The minimum absolute atomic E-state index is 0.0591. The lowest BCUT2D eigenvalue weighted by molar-refractivity contribution is -0.133. The molecule has 5 nitrogen and oxygen atoms in total. The molecule has 1 aromatic heterocycles. The van der Waals surface area contributed by atoms with Gasteiger partial charge in [0.1, 0.15) is 11.9 Å². The molecule has 0 aliphatic carbocycles. The molecule has 1 N–H and O–H groups in total. The highest BCUT2D eigenvalue weighted by Crippen LogP contribution is 2.29. The molecule has 2 aliphatic rings. The van der Waals surface area contributed by atoms with Gasteiger partial charge in [-0.25, -0.2) is 4.98 Å². The third kappa shape index (κ3) is 2.84. The van der Waals surface area contributed by atoms with Gasteiger partial charge in [-0.1, -0.05) is 0 Å². The smallest absolute Gasteiger partial charge is 0.237 e. The third-order valence-electron chi connectivity index (χ3n) is 3.77. The van der Waals surface area contributed by atoms with Gasteiger partial charge < -0.3 is 14.8 Å². The highest BCUT2D eigenvalue weighted by molar-refractivity contribution is 8.07. The number of carbonyl (C=O) groups excluding carboxylic acids is 1. The van der Waals surface area contributed by atoms with E-state index in [9.17, 15) is 4.79 Å². The molecule has 2 fully saturated rings. The van der Waals surface area contributed by atoms with Crippen molar-refractivity contribution in [2.24, 2.45) is 7.05 Å². The highest BCUT2D eigenvalue weighted by atomic mass is 32.2. The Balaban J connectivity index is 1.78. The second kappa shape index (κ2) is 6.41. The fourth-order valence-corrected chi connectivity index (χ4v) is 5.33. The number of hydrogen-bond donors (Lipinski definition) is 1. The monoisotopic (exact) mass is 312 g/mol. The van der Waals surface area contributed by atoms with E-state index >= 15 is 0 Å². The Morgan fingerprint density at radius 2 is 2.40 bits per heavy atom. The van der Waals surface area contributed by atoms with Gasteiger partial charge in [0.2, 0.25) is 5.91 Å². The van der Waals surface area contributed by atoms with E-state index in [0.717, 1.165) is 37.0 Å². The molecule has 0 spiro atoms. The number of rotatable bonds is 2. The largest absolute Gasteiger partial charge is 0.336 e. The first-order valence-electron chi connectivity index (χ1n) is 6.95. The predicted molar refractivity (Wildman–Crippen MR) is 84.1 cm³/mol. The van der Waals surface area contributed by atoms with Gasteiger partial charge in [-0.2, -0.15) is 11.8 Å². The van der Waals surface area contributed by atoms with Crippen LogP contribution in [-0.2, 0) is 11.8 Å². The van der Waals surface area contributed by atoms with Crippen LogP contribution in [0.3, 0.4) is 0 Å². The highest BCUT2D eigenvalue weighted by Gasteiger charge is 2.35. The van der Waals surface area contributed by atoms with Gasteiger partial charge >= 0.3 is 0 Å². The maximum atomic E-state index is 12.8. The number of hydrogen-bond acceptors (Lipinski definition) is 5. The number of imidazole rings is 1. The molecule has 0 aromatic carbocycles. The van der Waals surface area contributed by atoms with Crippen LogP contribution in [0.4, 0.5) is 0 Å². The number of carbonyl (C=O) groups is 1. The van der Waals surface area contributed by atoms with Crippen LogP contribution >= 0.6 is 23.5 Å². The van der Waals surface area contributed by atoms with Crippen LogP contribution in [0.5, 0.6) is 0 Å². The summed E-state index contributed by atoms with van der Waals surface area (Å²) in [6, 6.07) is 0.0591. The summed E-state index contributed by atoms with van der Waals surface area (Å²) in [5.74, 6) is 4.45. The Hall–Kier alpha value is -0.660. The zero-order chi connectivity index (χ0) is 13.9. The Bertz CT molecular complexity index is 473. The second-order valence-electron chi connectivity index (χ2n) is 5.08. The van der Waals surface area contributed by atoms with Crippen molar-refractivity contribution in [1.82, 2.24) is 19.8 Å². The molecule has 0 saturated carbocycles. The van der Waals surface area contributed by atoms with Crippen molar-refractivity contribution < 1.29 is 4.79 Å². The van der Waals surface area contributed by atoms with Crippen LogP contribution in [0, 0.1) is 0 Å². The molecule has 1 amide bonds. The van der Waals surface area contributed by atoms with E-state index in [1.165, 1.54) is 5.75 Å². The number of nitrogens with one attached hydrogen (secondary N) is 1. The Kier molecular flexibility index (Phi) is 4.58. The van der Waals surface area contributed by atoms with E-state index in [4.69, 9.17) is 0 Å². The summed E-state index contributed by atoms with van der Waals surface area (Å²) in [6.45, 7) is 2.44. The molecule has 7 heteroatoms. The van der Waals surface area contributed by atoms with Crippen molar-refractivity contribution in [2.75, 3.05) is 36.9 Å². The first-order chi connectivity index (χ1) is 9.77. The predicted octanol–water partition coefficient (Wildman–Crippen LogP) is 0.742. The van der Waals surface area contributed by atoms with Gasteiger partial charge in [-0.05, 0) is 0 Å². The van der Waals surface area contributed by atoms with Crippen molar-refractivity contribution in [1.29, 1.82) is 0 Å². The summed E-state index contributed by atoms with van der Waals surface area (Å²) in [6.07, 6.45) is 3.75. The zero-order valence-corrected chi connectivity index (χ0v) is 13.3. The summed E-state index contributed by atoms with van der Waals surface area (Å²) >= 11 is 3.70. The summed E-state index contributed by atoms with van der Waals surface area (Å²) < 4.78 is 2.01. The van der Waals surface area contributed by atoms with Crippen molar-refractivity contribution in [3.8, 4) is 0 Å². The van der Waals surface area contributed by atoms with Crippen molar-refractivity contribution in [3.63, 3.8) is 0 Å². The SMILES string of the molecule is Cn1ccnc1C1CNCCN1C(=O)C1CSCCS1. The quantitative estimate of drug-likeness (QED) is 0.873. The average molecular weight is 312 g/mol. The molecule has 2 atom stereocenters. The van der Waals surface area contributed by atoms with Gasteiger partial charge in [-0.15, -0.1) is 11.8 Å². The summed E-state index contributed by atoms with van der Waals surface area (Å²) in [5.41, 5.74) is 0. The zero-order valence-electron chi connectivity index (χ0n) is 11.6. The van der Waals surface area contributed by atoms with E-state index < -0.39 is 0 Å². The number of nitrogens with zero attached hydrogens (tertiary/aromatic N) is 3. The van der Waals surface area contributed by atoms with Gasteiger partial charge in [0.25, 0.3) is 0 Å². The molecule has 0 radical (unpaired) electrons. The van der Waals surface area contributed by atoms with Crippen molar-refractivity contribution >= 4 is 29.4 Å². The minimum Gasteiger partial charge on any atom is -0.336 e. The standard InChI is InChI=1S/C13H20N4OS2/c1-16-4-3-15-12(16)10-8-14-2-5-17(10)13(18)11-9-19-6-7-20-11/h3-4,10-11,14H,2,5-9H2,1H3. The van der Waals surface area contributed by atoms with Gasteiger partial charge in [-0.3, -0.25) is 4.79 Å². The maximum Gasteiger partial charge on any atom is 0.237 e. The maximum absolute atomic E-state index is 12.8. The average Bonchev–Trinajstić information content (AvgIpc) is 2.93. The molecule has 2 saturated heterocycles. The summed E-state index contributed by atoms with van der Waals surface area (Å²) in [7, 11) is 1.99. The topological polar surface area (TPSA) is 50.2 Å². The molecule has 20 heavy (non-hydrogen) atoms. The first-order valence-corrected chi connectivity index (χ1v) is 9.15. The molecule has 3 rings (SSSR count). The molecule has 2 unspecified atom stereocenters. The molecule has 1 aromatic rings. The van der Waals surface area contributed by atoms with E-state index in [2.05, 4.69) is 10.3 Å². The molecular formula is C13H20N4OS2. The fraction of sp³-hybridized carbons (Fsp3) is 0.692.